The monoisotopic (exact) mass is 639 g/mol. The van der Waals surface area contributed by atoms with Gasteiger partial charge in [0.05, 0.1) is 51.0 Å². The van der Waals surface area contributed by atoms with E-state index in [2.05, 4.69) is 44.8 Å². The van der Waals surface area contributed by atoms with E-state index in [1.807, 2.05) is 52.0 Å². The highest BCUT2D eigenvalue weighted by atomic mass is 32.1. The van der Waals surface area contributed by atoms with Crippen molar-refractivity contribution in [3.63, 3.8) is 0 Å². The molecule has 46 heavy (non-hydrogen) atoms. The molecule has 0 N–H and O–H groups in total. The quantitative estimate of drug-likeness (QED) is 0.159. The lowest BCUT2D eigenvalue weighted by molar-refractivity contribution is -0.0592. The molecule has 240 valence electrons. The Balaban J connectivity index is 1.00. The number of fused-ring (bicyclic) bond motifs is 2. The van der Waals surface area contributed by atoms with Crippen molar-refractivity contribution in [3.8, 4) is 5.88 Å². The maximum absolute atomic E-state index is 12.8. The third-order valence-electron chi connectivity index (χ3n) is 8.70. The summed E-state index contributed by atoms with van der Waals surface area (Å²) in [6.07, 6.45) is 3.25. The van der Waals surface area contributed by atoms with Crippen LogP contribution in [0.2, 0.25) is 0 Å². The predicted octanol–water partition coefficient (Wildman–Crippen LogP) is 7.05. The first-order valence-electron chi connectivity index (χ1n) is 16.2. The van der Waals surface area contributed by atoms with E-state index >= 15 is 0 Å². The normalized spacial score (nSPS) is 17.8. The summed E-state index contributed by atoms with van der Waals surface area (Å²) in [7, 11) is 0. The van der Waals surface area contributed by atoms with E-state index in [-0.39, 0.29) is 12.1 Å². The van der Waals surface area contributed by atoms with Crippen molar-refractivity contribution in [1.29, 1.82) is 0 Å². The first-order chi connectivity index (χ1) is 22.2. The van der Waals surface area contributed by atoms with Gasteiger partial charge in [-0.3, -0.25) is 4.90 Å². The summed E-state index contributed by atoms with van der Waals surface area (Å²) in [6.45, 7) is 12.4. The van der Waals surface area contributed by atoms with Gasteiger partial charge in [-0.05, 0) is 102 Å². The molecule has 0 saturated carbocycles. The van der Waals surface area contributed by atoms with Crippen LogP contribution in [0.3, 0.4) is 0 Å². The van der Waals surface area contributed by atoms with Gasteiger partial charge in [-0.25, -0.2) is 19.7 Å². The third-order valence-corrected chi connectivity index (χ3v) is 9.64. The molecule has 0 aliphatic carbocycles. The Kier molecular flexibility index (Phi) is 8.52. The number of rotatable bonds is 9. The molecule has 2 aromatic carbocycles. The smallest absolute Gasteiger partial charge is 0.338 e. The predicted molar refractivity (Wildman–Crippen MR) is 179 cm³/mol. The zero-order valence-electron chi connectivity index (χ0n) is 27.0. The molecule has 9 nitrogen and oxygen atoms in total. The minimum atomic E-state index is -0.551. The molecule has 0 amide bonds. The summed E-state index contributed by atoms with van der Waals surface area (Å²) >= 11 is 1.71. The fourth-order valence-corrected chi connectivity index (χ4v) is 7.14. The standard InChI is InChI=1S/C36H41N5O4S/c1-23-37-30-10-8-24(18-32(30)46-23)22-44-34-7-5-6-28(39-34)25-12-15-40(16-13-25)21-33-38-29-11-9-26(35(42)45-36(2,3)4)19-31(29)41(33)20-27-14-17-43-27/h5-11,18-19,25,27H,12-17,20-22H2,1-4H3. The van der Waals surface area contributed by atoms with Gasteiger partial charge in [0.25, 0.3) is 0 Å². The number of piperidine rings is 1. The minimum Gasteiger partial charge on any atom is -0.473 e. The first-order valence-corrected chi connectivity index (χ1v) is 17.0. The number of hydrogen-bond donors (Lipinski definition) is 0. The number of carbonyl (C=O) groups excluding carboxylic acids is 1. The average Bonchev–Trinajstić information content (AvgIpc) is 3.55. The molecular weight excluding hydrogens is 598 g/mol. The molecule has 0 radical (unpaired) electrons. The van der Waals surface area contributed by atoms with Crippen molar-refractivity contribution in [1.82, 2.24) is 24.4 Å². The van der Waals surface area contributed by atoms with Gasteiger partial charge in [0.2, 0.25) is 5.88 Å². The summed E-state index contributed by atoms with van der Waals surface area (Å²) in [6, 6.07) is 18.1. The second kappa shape index (κ2) is 12.7. The maximum Gasteiger partial charge on any atom is 0.338 e. The van der Waals surface area contributed by atoms with Crippen molar-refractivity contribution in [3.05, 3.63) is 82.3 Å². The SMILES string of the molecule is Cc1nc2ccc(COc3cccc(C4CCN(Cc5nc6ccc(C(=O)OC(C)(C)C)cc6n5CC5CCO5)CC4)n3)cc2s1. The van der Waals surface area contributed by atoms with Crippen LogP contribution < -0.4 is 4.74 Å². The molecule has 5 heterocycles. The Hall–Kier alpha value is -3.86. The van der Waals surface area contributed by atoms with Gasteiger partial charge < -0.3 is 18.8 Å². The minimum absolute atomic E-state index is 0.174. The number of aryl methyl sites for hydroxylation is 1. The second-order valence-corrected chi connectivity index (χ2v) is 14.6. The summed E-state index contributed by atoms with van der Waals surface area (Å²) in [4.78, 5) is 29.8. The van der Waals surface area contributed by atoms with Gasteiger partial charge in [0.15, 0.2) is 0 Å². The van der Waals surface area contributed by atoms with E-state index in [1.54, 1.807) is 11.3 Å². The number of hydrogen-bond acceptors (Lipinski definition) is 9. The van der Waals surface area contributed by atoms with Gasteiger partial charge in [-0.2, -0.15) is 0 Å². The molecule has 0 spiro atoms. The lowest BCUT2D eigenvalue weighted by Crippen LogP contribution is -2.35. The Morgan fingerprint density at radius 2 is 1.80 bits per heavy atom. The summed E-state index contributed by atoms with van der Waals surface area (Å²) in [5.74, 6) is 1.74. The fraction of sp³-hybridized carbons (Fsp3) is 0.444. The number of imidazole rings is 1. The molecule has 2 aliphatic rings. The lowest BCUT2D eigenvalue weighted by atomic mass is 9.93. The summed E-state index contributed by atoms with van der Waals surface area (Å²) < 4.78 is 21.0. The Morgan fingerprint density at radius 3 is 2.57 bits per heavy atom. The first kappa shape index (κ1) is 30.8. The summed E-state index contributed by atoms with van der Waals surface area (Å²) in [5, 5.41) is 1.07. The number of likely N-dealkylation sites (tertiary alicyclic amines) is 1. The van der Waals surface area contributed by atoms with Crippen LogP contribution in [0.15, 0.2) is 54.6 Å². The topological polar surface area (TPSA) is 91.6 Å². The van der Waals surface area contributed by atoms with E-state index in [0.717, 1.165) is 90.7 Å². The second-order valence-electron chi connectivity index (χ2n) is 13.4. The highest BCUT2D eigenvalue weighted by Gasteiger charge is 2.27. The number of nitrogens with zero attached hydrogens (tertiary/aromatic N) is 5. The van der Waals surface area contributed by atoms with Crippen LogP contribution >= 0.6 is 11.3 Å². The molecule has 7 rings (SSSR count). The number of pyridine rings is 1. The van der Waals surface area contributed by atoms with Crippen molar-refractivity contribution in [2.24, 2.45) is 0 Å². The van der Waals surface area contributed by atoms with Crippen LogP contribution in [-0.4, -0.2) is 61.8 Å². The van der Waals surface area contributed by atoms with E-state index < -0.39 is 5.60 Å². The third kappa shape index (κ3) is 6.94. The van der Waals surface area contributed by atoms with Crippen LogP contribution in [0.1, 0.15) is 78.4 Å². The molecule has 5 aromatic rings. The highest BCUT2D eigenvalue weighted by Crippen LogP contribution is 2.30. The fourth-order valence-electron chi connectivity index (χ4n) is 6.25. The Bertz CT molecular complexity index is 1860. The van der Waals surface area contributed by atoms with Crippen LogP contribution in [0.5, 0.6) is 5.88 Å². The van der Waals surface area contributed by atoms with Crippen LogP contribution in [0.4, 0.5) is 0 Å². The number of carbonyl (C=O) groups is 1. The molecule has 1 atom stereocenters. The number of benzene rings is 2. The highest BCUT2D eigenvalue weighted by molar-refractivity contribution is 7.18. The molecule has 2 aliphatic heterocycles. The van der Waals surface area contributed by atoms with Gasteiger partial charge in [-0.1, -0.05) is 12.1 Å². The van der Waals surface area contributed by atoms with Crippen LogP contribution in [-0.2, 0) is 29.2 Å². The van der Waals surface area contributed by atoms with Crippen molar-refractivity contribution < 1.29 is 19.0 Å². The van der Waals surface area contributed by atoms with Gasteiger partial charge in [0.1, 0.15) is 18.0 Å². The molecule has 0 bridgehead atoms. The molecule has 3 aromatic heterocycles. The zero-order valence-corrected chi connectivity index (χ0v) is 27.8. The van der Waals surface area contributed by atoms with Crippen molar-refractivity contribution >= 4 is 38.6 Å². The summed E-state index contributed by atoms with van der Waals surface area (Å²) in [5.41, 5.74) is 5.08. The Morgan fingerprint density at radius 1 is 1.00 bits per heavy atom. The van der Waals surface area contributed by atoms with Crippen molar-refractivity contribution in [2.75, 3.05) is 19.7 Å². The molecular formula is C36H41N5O4S. The largest absolute Gasteiger partial charge is 0.473 e. The number of thiazole rings is 1. The zero-order chi connectivity index (χ0) is 31.8. The van der Waals surface area contributed by atoms with Gasteiger partial charge in [-0.15, -0.1) is 11.3 Å². The van der Waals surface area contributed by atoms with E-state index in [9.17, 15) is 4.79 Å². The van der Waals surface area contributed by atoms with Crippen LogP contribution in [0.25, 0.3) is 21.3 Å². The Labute approximate surface area is 273 Å². The number of aromatic nitrogens is 4. The lowest BCUT2D eigenvalue weighted by Gasteiger charge is -2.32. The van der Waals surface area contributed by atoms with E-state index in [1.165, 1.54) is 4.70 Å². The van der Waals surface area contributed by atoms with E-state index in [0.29, 0.717) is 24.0 Å². The van der Waals surface area contributed by atoms with Gasteiger partial charge in [0, 0.05) is 24.3 Å². The van der Waals surface area contributed by atoms with Crippen molar-refractivity contribution in [2.45, 2.75) is 84.3 Å². The number of esters is 1. The maximum atomic E-state index is 12.8. The molecule has 10 heteroatoms. The molecule has 2 fully saturated rings. The van der Waals surface area contributed by atoms with Gasteiger partial charge >= 0.3 is 5.97 Å². The average molecular weight is 640 g/mol. The van der Waals surface area contributed by atoms with Crippen LogP contribution in [0, 0.1) is 6.92 Å². The van der Waals surface area contributed by atoms with E-state index in [4.69, 9.17) is 24.2 Å². The molecule has 2 saturated heterocycles. The molecule has 1 unspecified atom stereocenters. The number of ether oxygens (including phenoxy) is 3.